The molecule has 0 atom stereocenters. The van der Waals surface area contributed by atoms with Crippen LogP contribution in [0.2, 0.25) is 0 Å². The fourth-order valence-corrected chi connectivity index (χ4v) is 1.61. The normalized spacial score (nSPS) is 13.2. The van der Waals surface area contributed by atoms with Crippen LogP contribution in [0.1, 0.15) is 5.56 Å². The zero-order valence-corrected chi connectivity index (χ0v) is 9.33. The fraction of sp³-hybridized carbons (Fsp3) is 0.455. The Morgan fingerprint density at radius 3 is 2.94 bits per heavy atom. The highest BCUT2D eigenvalue weighted by atomic mass is 19.3. The molecule has 0 aliphatic carbocycles. The molecule has 0 spiro atoms. The van der Waals surface area contributed by atoms with Crippen molar-refractivity contribution in [1.29, 1.82) is 0 Å². The van der Waals surface area contributed by atoms with Crippen LogP contribution in [0.4, 0.5) is 8.78 Å². The summed E-state index contributed by atoms with van der Waals surface area (Å²) in [5, 5.41) is 2.64. The summed E-state index contributed by atoms with van der Waals surface area (Å²) < 4.78 is 39.5. The van der Waals surface area contributed by atoms with E-state index in [2.05, 4.69) is 5.32 Å². The minimum absolute atomic E-state index is 0.152. The highest BCUT2D eigenvalue weighted by molar-refractivity contribution is 5.55. The molecule has 2 rings (SSSR count). The Labute approximate surface area is 97.5 Å². The summed E-state index contributed by atoms with van der Waals surface area (Å²) in [6.07, 6.45) is -2.36. The SMILES string of the molecule is COc1cc(CNCC(F)F)cc2c1OCO2. The van der Waals surface area contributed by atoms with E-state index in [1.54, 1.807) is 12.1 Å². The summed E-state index contributed by atoms with van der Waals surface area (Å²) in [6, 6.07) is 3.50. The van der Waals surface area contributed by atoms with Gasteiger partial charge in [-0.3, -0.25) is 0 Å². The van der Waals surface area contributed by atoms with Gasteiger partial charge < -0.3 is 19.5 Å². The Balaban J connectivity index is 2.08. The van der Waals surface area contributed by atoms with Gasteiger partial charge in [0.05, 0.1) is 13.7 Å². The second-order valence-corrected chi connectivity index (χ2v) is 3.55. The average molecular weight is 245 g/mol. The average Bonchev–Trinajstić information content (AvgIpc) is 2.75. The molecule has 0 saturated carbocycles. The van der Waals surface area contributed by atoms with Gasteiger partial charge in [-0.15, -0.1) is 0 Å². The predicted octanol–water partition coefficient (Wildman–Crippen LogP) is 1.78. The number of benzene rings is 1. The van der Waals surface area contributed by atoms with Crippen LogP contribution in [0.25, 0.3) is 0 Å². The van der Waals surface area contributed by atoms with Crippen LogP contribution in [0.5, 0.6) is 17.2 Å². The molecule has 1 heterocycles. The van der Waals surface area contributed by atoms with E-state index in [1.165, 1.54) is 7.11 Å². The summed E-state index contributed by atoms with van der Waals surface area (Å²) in [5.74, 6) is 1.69. The second kappa shape index (κ2) is 5.18. The molecule has 0 amide bonds. The van der Waals surface area contributed by atoms with Gasteiger partial charge >= 0.3 is 0 Å². The molecule has 1 aromatic carbocycles. The Kier molecular flexibility index (Phi) is 3.63. The van der Waals surface area contributed by atoms with Crippen molar-refractivity contribution in [1.82, 2.24) is 5.32 Å². The van der Waals surface area contributed by atoms with E-state index in [4.69, 9.17) is 14.2 Å². The van der Waals surface area contributed by atoms with Crippen molar-refractivity contribution in [2.75, 3.05) is 20.4 Å². The molecule has 1 aromatic rings. The van der Waals surface area contributed by atoms with Gasteiger partial charge in [-0.1, -0.05) is 0 Å². The molecular formula is C11H13F2NO3. The minimum atomic E-state index is -2.36. The topological polar surface area (TPSA) is 39.7 Å². The first-order valence-corrected chi connectivity index (χ1v) is 5.16. The number of methoxy groups -OCH3 is 1. The standard InChI is InChI=1S/C11H13F2NO3/c1-15-8-2-7(4-14-5-10(12)13)3-9-11(8)17-6-16-9/h2-3,10,14H,4-6H2,1H3. The number of rotatable bonds is 5. The highest BCUT2D eigenvalue weighted by Crippen LogP contribution is 2.41. The summed E-state index contributed by atoms with van der Waals surface area (Å²) in [6.45, 7) is 0.147. The molecule has 4 nitrogen and oxygen atoms in total. The van der Waals surface area contributed by atoms with Crippen molar-refractivity contribution < 1.29 is 23.0 Å². The number of hydrogen-bond acceptors (Lipinski definition) is 4. The number of alkyl halides is 2. The summed E-state index contributed by atoms with van der Waals surface area (Å²) >= 11 is 0. The van der Waals surface area contributed by atoms with Crippen molar-refractivity contribution >= 4 is 0 Å². The predicted molar refractivity (Wildman–Crippen MR) is 56.8 cm³/mol. The lowest BCUT2D eigenvalue weighted by molar-refractivity contribution is 0.145. The maximum atomic E-state index is 12.0. The molecule has 0 fully saturated rings. The zero-order chi connectivity index (χ0) is 12.3. The molecule has 0 radical (unpaired) electrons. The van der Waals surface area contributed by atoms with Crippen molar-refractivity contribution in [3.05, 3.63) is 17.7 Å². The molecule has 1 aliphatic heterocycles. The quantitative estimate of drug-likeness (QED) is 0.858. The number of hydrogen-bond donors (Lipinski definition) is 1. The lowest BCUT2D eigenvalue weighted by atomic mass is 10.2. The molecule has 0 bridgehead atoms. The van der Waals surface area contributed by atoms with Crippen molar-refractivity contribution in [3.63, 3.8) is 0 Å². The summed E-state index contributed by atoms with van der Waals surface area (Å²) in [5.41, 5.74) is 0.812. The minimum Gasteiger partial charge on any atom is -0.493 e. The van der Waals surface area contributed by atoms with Gasteiger partial charge in [-0.2, -0.15) is 0 Å². The van der Waals surface area contributed by atoms with Crippen LogP contribution in [0.15, 0.2) is 12.1 Å². The smallest absolute Gasteiger partial charge is 0.250 e. The third kappa shape index (κ3) is 2.76. The second-order valence-electron chi connectivity index (χ2n) is 3.55. The largest absolute Gasteiger partial charge is 0.493 e. The number of fused-ring (bicyclic) bond motifs is 1. The van der Waals surface area contributed by atoms with E-state index in [0.717, 1.165) is 5.56 Å². The van der Waals surface area contributed by atoms with E-state index >= 15 is 0 Å². The van der Waals surface area contributed by atoms with Crippen molar-refractivity contribution in [3.8, 4) is 17.2 Å². The number of halogens is 2. The van der Waals surface area contributed by atoms with Crippen LogP contribution in [0, 0.1) is 0 Å². The third-order valence-corrected chi connectivity index (χ3v) is 2.35. The molecule has 1 aliphatic rings. The zero-order valence-electron chi connectivity index (χ0n) is 9.33. The third-order valence-electron chi connectivity index (χ3n) is 2.35. The van der Waals surface area contributed by atoms with Gasteiger partial charge in [0.1, 0.15) is 0 Å². The molecule has 1 N–H and O–H groups in total. The van der Waals surface area contributed by atoms with Crippen LogP contribution >= 0.6 is 0 Å². The first-order valence-electron chi connectivity index (χ1n) is 5.16. The lowest BCUT2D eigenvalue weighted by Gasteiger charge is -2.09. The van der Waals surface area contributed by atoms with E-state index in [9.17, 15) is 8.78 Å². The molecule has 6 heteroatoms. The Morgan fingerprint density at radius 1 is 1.41 bits per heavy atom. The van der Waals surface area contributed by atoms with Gasteiger partial charge in [-0.25, -0.2) is 8.78 Å². The van der Waals surface area contributed by atoms with E-state index in [0.29, 0.717) is 23.8 Å². The van der Waals surface area contributed by atoms with E-state index < -0.39 is 6.43 Å². The Bertz CT molecular complexity index is 399. The monoisotopic (exact) mass is 245 g/mol. The van der Waals surface area contributed by atoms with E-state index in [1.807, 2.05) is 0 Å². The summed E-state index contributed by atoms with van der Waals surface area (Å²) in [4.78, 5) is 0. The molecule has 94 valence electrons. The van der Waals surface area contributed by atoms with Gasteiger partial charge in [0, 0.05) is 6.54 Å². The Hall–Kier alpha value is -1.56. The van der Waals surface area contributed by atoms with Crippen LogP contribution in [0.3, 0.4) is 0 Å². The van der Waals surface area contributed by atoms with Gasteiger partial charge in [0.2, 0.25) is 12.5 Å². The number of ether oxygens (including phenoxy) is 3. The van der Waals surface area contributed by atoms with Crippen LogP contribution in [-0.4, -0.2) is 26.9 Å². The van der Waals surface area contributed by atoms with Crippen LogP contribution < -0.4 is 19.5 Å². The van der Waals surface area contributed by atoms with Gasteiger partial charge in [-0.05, 0) is 17.7 Å². The van der Waals surface area contributed by atoms with Crippen molar-refractivity contribution in [2.24, 2.45) is 0 Å². The maximum Gasteiger partial charge on any atom is 0.250 e. The van der Waals surface area contributed by atoms with Crippen molar-refractivity contribution in [2.45, 2.75) is 13.0 Å². The summed E-state index contributed by atoms with van der Waals surface area (Å²) in [7, 11) is 1.52. The van der Waals surface area contributed by atoms with Gasteiger partial charge in [0.15, 0.2) is 11.5 Å². The Morgan fingerprint density at radius 2 is 2.24 bits per heavy atom. The first kappa shape index (κ1) is 11.9. The molecule has 17 heavy (non-hydrogen) atoms. The maximum absolute atomic E-state index is 12.0. The lowest BCUT2D eigenvalue weighted by Crippen LogP contribution is -2.20. The van der Waals surface area contributed by atoms with E-state index in [-0.39, 0.29) is 13.3 Å². The first-order chi connectivity index (χ1) is 8.20. The fourth-order valence-electron chi connectivity index (χ4n) is 1.61. The molecule has 0 aromatic heterocycles. The molecule has 0 unspecified atom stereocenters. The van der Waals surface area contributed by atoms with Crippen LogP contribution in [-0.2, 0) is 6.54 Å². The molecule has 0 saturated heterocycles. The number of nitrogens with one attached hydrogen (secondary N) is 1. The van der Waals surface area contributed by atoms with Gasteiger partial charge in [0.25, 0.3) is 6.43 Å². The molecular weight excluding hydrogens is 232 g/mol. The highest BCUT2D eigenvalue weighted by Gasteiger charge is 2.19.